The van der Waals surface area contributed by atoms with Crippen LogP contribution in [0.15, 0.2) is 22.7 Å². The first-order valence-corrected chi connectivity index (χ1v) is 6.97. The van der Waals surface area contributed by atoms with E-state index >= 15 is 0 Å². The van der Waals surface area contributed by atoms with Crippen LogP contribution in [0.3, 0.4) is 0 Å². The van der Waals surface area contributed by atoms with Gasteiger partial charge in [0, 0.05) is 11.4 Å². The topological polar surface area (TPSA) is 51.0 Å². The summed E-state index contributed by atoms with van der Waals surface area (Å²) in [5.41, 5.74) is 0.544. The van der Waals surface area contributed by atoms with Gasteiger partial charge < -0.3 is 9.84 Å². The number of aromatic nitrogens is 2. The second kappa shape index (κ2) is 5.14. The second-order valence-electron chi connectivity index (χ2n) is 5.29. The minimum atomic E-state index is -0.352. The lowest BCUT2D eigenvalue weighted by Gasteiger charge is -2.18. The predicted octanol–water partition coefficient (Wildman–Crippen LogP) is 3.05. The van der Waals surface area contributed by atoms with Crippen molar-refractivity contribution in [3.63, 3.8) is 0 Å². The van der Waals surface area contributed by atoms with E-state index in [1.807, 2.05) is 0 Å². The maximum atomic E-state index is 13.0. The van der Waals surface area contributed by atoms with Crippen LogP contribution in [-0.4, -0.2) is 16.7 Å². The molecule has 2 heterocycles. The van der Waals surface area contributed by atoms with Crippen LogP contribution in [-0.2, 0) is 12.0 Å². The molecule has 1 aromatic carbocycles. The van der Waals surface area contributed by atoms with Crippen LogP contribution in [0.4, 0.5) is 4.39 Å². The molecule has 1 N–H and O–H groups in total. The summed E-state index contributed by atoms with van der Waals surface area (Å²) in [6.45, 7) is 3.01. The van der Waals surface area contributed by atoms with Crippen molar-refractivity contribution in [2.45, 2.75) is 31.7 Å². The Balaban J connectivity index is 1.80. The molecule has 1 aliphatic heterocycles. The number of hydrogen-bond acceptors (Lipinski definition) is 4. The molecule has 0 spiro atoms. The highest BCUT2D eigenvalue weighted by atomic mass is 35.5. The fraction of sp³-hybridized carbons (Fsp3) is 0.429. The maximum Gasteiger partial charge on any atom is 0.246 e. The first kappa shape index (κ1) is 13.5. The molecule has 3 rings (SSSR count). The van der Waals surface area contributed by atoms with E-state index in [9.17, 15) is 4.39 Å². The Morgan fingerprint density at radius 3 is 3.05 bits per heavy atom. The highest BCUT2D eigenvalue weighted by Crippen LogP contribution is 2.29. The average Bonchev–Trinajstić information content (AvgIpc) is 3.03. The highest BCUT2D eigenvalue weighted by molar-refractivity contribution is 6.31. The number of rotatable bonds is 3. The molecule has 1 fully saturated rings. The zero-order valence-electron chi connectivity index (χ0n) is 11.1. The largest absolute Gasteiger partial charge is 0.337 e. The van der Waals surface area contributed by atoms with Gasteiger partial charge in [-0.3, -0.25) is 0 Å². The van der Waals surface area contributed by atoms with Gasteiger partial charge in [-0.05, 0) is 44.0 Å². The van der Waals surface area contributed by atoms with Gasteiger partial charge in [0.2, 0.25) is 5.89 Å². The van der Waals surface area contributed by atoms with Gasteiger partial charge in [-0.2, -0.15) is 4.98 Å². The molecule has 1 unspecified atom stereocenters. The highest BCUT2D eigenvalue weighted by Gasteiger charge is 2.35. The Labute approximate surface area is 121 Å². The molecule has 2 aromatic rings. The Bertz CT molecular complexity index is 623. The van der Waals surface area contributed by atoms with Gasteiger partial charge in [0.1, 0.15) is 5.82 Å². The molecule has 0 radical (unpaired) electrons. The molecule has 0 amide bonds. The van der Waals surface area contributed by atoms with Crippen molar-refractivity contribution in [2.75, 3.05) is 6.54 Å². The molecule has 6 heteroatoms. The van der Waals surface area contributed by atoms with E-state index in [1.165, 1.54) is 12.1 Å². The summed E-state index contributed by atoms with van der Waals surface area (Å²) in [5, 5.41) is 7.74. The van der Waals surface area contributed by atoms with Crippen molar-refractivity contribution in [2.24, 2.45) is 0 Å². The third-order valence-electron chi connectivity index (χ3n) is 3.67. The van der Waals surface area contributed by atoms with Crippen molar-refractivity contribution < 1.29 is 8.91 Å². The Kier molecular flexibility index (Phi) is 3.48. The lowest BCUT2D eigenvalue weighted by Crippen LogP contribution is -2.33. The standard InChI is InChI=1S/C14H15ClFN3O/c1-14(5-2-6-17-14)13-18-12(19-20-13)7-9-3-4-10(16)8-11(9)15/h3-4,8,17H,2,5-7H2,1H3. The summed E-state index contributed by atoms with van der Waals surface area (Å²) >= 11 is 6.00. The van der Waals surface area contributed by atoms with Crippen molar-refractivity contribution >= 4 is 11.6 Å². The van der Waals surface area contributed by atoms with E-state index in [0.717, 1.165) is 24.9 Å². The first-order chi connectivity index (χ1) is 9.57. The zero-order valence-corrected chi connectivity index (χ0v) is 11.9. The van der Waals surface area contributed by atoms with Gasteiger partial charge in [-0.25, -0.2) is 4.39 Å². The third-order valence-corrected chi connectivity index (χ3v) is 4.02. The lowest BCUT2D eigenvalue weighted by molar-refractivity contribution is 0.274. The molecule has 4 nitrogen and oxygen atoms in total. The summed E-state index contributed by atoms with van der Waals surface area (Å²) in [5.74, 6) is 0.807. The minimum Gasteiger partial charge on any atom is -0.337 e. The summed E-state index contributed by atoms with van der Waals surface area (Å²) in [7, 11) is 0. The van der Waals surface area contributed by atoms with Crippen molar-refractivity contribution in [3.8, 4) is 0 Å². The Hall–Kier alpha value is -1.46. The zero-order chi connectivity index (χ0) is 14.2. The molecule has 1 saturated heterocycles. The van der Waals surface area contributed by atoms with Crippen LogP contribution in [0.5, 0.6) is 0 Å². The quantitative estimate of drug-likeness (QED) is 0.945. The predicted molar refractivity (Wildman–Crippen MR) is 73.1 cm³/mol. The molecule has 1 aliphatic rings. The maximum absolute atomic E-state index is 13.0. The number of halogens is 2. The van der Waals surface area contributed by atoms with E-state index in [0.29, 0.717) is 23.2 Å². The number of hydrogen-bond donors (Lipinski definition) is 1. The molecule has 20 heavy (non-hydrogen) atoms. The normalized spacial score (nSPS) is 22.4. The smallest absolute Gasteiger partial charge is 0.246 e. The Morgan fingerprint density at radius 2 is 2.35 bits per heavy atom. The van der Waals surface area contributed by atoms with Gasteiger partial charge in [0.25, 0.3) is 0 Å². The second-order valence-corrected chi connectivity index (χ2v) is 5.70. The van der Waals surface area contributed by atoms with Crippen LogP contribution in [0.2, 0.25) is 5.02 Å². The first-order valence-electron chi connectivity index (χ1n) is 6.59. The summed E-state index contributed by atoms with van der Waals surface area (Å²) in [6, 6.07) is 4.31. The lowest BCUT2D eigenvalue weighted by atomic mass is 10.0. The molecule has 0 aliphatic carbocycles. The van der Waals surface area contributed by atoms with Gasteiger partial charge in [0.05, 0.1) is 5.54 Å². The molecule has 106 valence electrons. The van der Waals surface area contributed by atoms with Crippen molar-refractivity contribution in [1.82, 2.24) is 15.5 Å². The van der Waals surface area contributed by atoms with Crippen LogP contribution in [0, 0.1) is 5.82 Å². The third kappa shape index (κ3) is 2.55. The van der Waals surface area contributed by atoms with E-state index in [-0.39, 0.29) is 11.4 Å². The molecule has 0 bridgehead atoms. The van der Waals surface area contributed by atoms with Gasteiger partial charge in [-0.15, -0.1) is 0 Å². The van der Waals surface area contributed by atoms with E-state index in [2.05, 4.69) is 22.4 Å². The van der Waals surface area contributed by atoms with Crippen LogP contribution < -0.4 is 5.32 Å². The number of benzene rings is 1. The van der Waals surface area contributed by atoms with E-state index in [1.54, 1.807) is 6.07 Å². The summed E-state index contributed by atoms with van der Waals surface area (Å²) in [6.07, 6.45) is 2.50. The van der Waals surface area contributed by atoms with Crippen molar-refractivity contribution in [3.05, 3.63) is 46.3 Å². The fourth-order valence-corrected chi connectivity index (χ4v) is 2.70. The minimum absolute atomic E-state index is 0.238. The van der Waals surface area contributed by atoms with Gasteiger partial charge >= 0.3 is 0 Å². The van der Waals surface area contributed by atoms with E-state index in [4.69, 9.17) is 16.1 Å². The van der Waals surface area contributed by atoms with Gasteiger partial charge in [-0.1, -0.05) is 22.8 Å². The fourth-order valence-electron chi connectivity index (χ4n) is 2.46. The molecule has 0 saturated carbocycles. The number of nitrogens with zero attached hydrogens (tertiary/aromatic N) is 2. The summed E-state index contributed by atoms with van der Waals surface area (Å²) < 4.78 is 18.3. The average molecular weight is 296 g/mol. The SMILES string of the molecule is CC1(c2nc(Cc3ccc(F)cc3Cl)no2)CCCN1. The monoisotopic (exact) mass is 295 g/mol. The van der Waals surface area contributed by atoms with Crippen LogP contribution in [0.1, 0.15) is 37.0 Å². The Morgan fingerprint density at radius 1 is 1.50 bits per heavy atom. The molecular formula is C14H15ClFN3O. The van der Waals surface area contributed by atoms with Gasteiger partial charge in [0.15, 0.2) is 5.82 Å². The van der Waals surface area contributed by atoms with Crippen molar-refractivity contribution in [1.29, 1.82) is 0 Å². The molecule has 1 atom stereocenters. The van der Waals surface area contributed by atoms with Crippen LogP contribution in [0.25, 0.3) is 0 Å². The van der Waals surface area contributed by atoms with E-state index < -0.39 is 0 Å². The summed E-state index contributed by atoms with van der Waals surface area (Å²) in [4.78, 5) is 4.43. The van der Waals surface area contributed by atoms with Crippen LogP contribution >= 0.6 is 11.6 Å². The number of nitrogens with one attached hydrogen (secondary N) is 1. The molecular weight excluding hydrogens is 281 g/mol. The molecule has 1 aromatic heterocycles.